The SMILES string of the molecule is O=S(=O)(c1ccc(Cl)c(Br)c1)N1CCCCCCC1. The third kappa shape index (κ3) is 3.72. The largest absolute Gasteiger partial charge is 0.243 e. The van der Waals surface area contributed by atoms with E-state index >= 15 is 0 Å². The molecule has 0 spiro atoms. The van der Waals surface area contributed by atoms with Gasteiger partial charge in [-0.15, -0.1) is 0 Å². The Bertz CT molecular complexity index is 540. The highest BCUT2D eigenvalue weighted by Gasteiger charge is 2.25. The first-order valence-corrected chi connectivity index (χ1v) is 9.08. The van der Waals surface area contributed by atoms with Gasteiger partial charge in [0.1, 0.15) is 0 Å². The number of rotatable bonds is 2. The normalized spacial score (nSPS) is 18.8. The third-order valence-electron chi connectivity index (χ3n) is 3.34. The molecule has 0 amide bonds. The highest BCUT2D eigenvalue weighted by atomic mass is 79.9. The first kappa shape index (κ1) is 15.3. The van der Waals surface area contributed by atoms with Gasteiger partial charge in [0, 0.05) is 17.6 Å². The lowest BCUT2D eigenvalue weighted by molar-refractivity contribution is 0.364. The molecule has 0 aromatic heterocycles. The van der Waals surface area contributed by atoms with E-state index in [4.69, 9.17) is 11.6 Å². The van der Waals surface area contributed by atoms with Crippen LogP contribution in [0.5, 0.6) is 0 Å². The van der Waals surface area contributed by atoms with Gasteiger partial charge in [-0.25, -0.2) is 8.42 Å². The van der Waals surface area contributed by atoms with Gasteiger partial charge in [-0.1, -0.05) is 30.9 Å². The molecule has 1 aromatic rings. The lowest BCUT2D eigenvalue weighted by Crippen LogP contribution is -2.33. The molecule has 0 aliphatic carbocycles. The van der Waals surface area contributed by atoms with Gasteiger partial charge in [0.25, 0.3) is 0 Å². The maximum Gasteiger partial charge on any atom is 0.243 e. The van der Waals surface area contributed by atoms with E-state index in [2.05, 4.69) is 15.9 Å². The van der Waals surface area contributed by atoms with Crippen LogP contribution in [-0.2, 0) is 10.0 Å². The Morgan fingerprint density at radius 3 is 2.21 bits per heavy atom. The molecule has 1 aromatic carbocycles. The Balaban J connectivity index is 2.26. The standard InChI is InChI=1S/C13H17BrClNO2S/c14-12-10-11(6-7-13(12)15)19(17,18)16-8-4-2-1-3-5-9-16/h6-7,10H,1-5,8-9H2. The van der Waals surface area contributed by atoms with Crippen LogP contribution in [0.15, 0.2) is 27.6 Å². The van der Waals surface area contributed by atoms with E-state index in [0.717, 1.165) is 25.7 Å². The average molecular weight is 367 g/mol. The van der Waals surface area contributed by atoms with Crippen LogP contribution in [0.4, 0.5) is 0 Å². The zero-order valence-electron chi connectivity index (χ0n) is 10.6. The van der Waals surface area contributed by atoms with Crippen LogP contribution >= 0.6 is 27.5 Å². The second-order valence-electron chi connectivity index (χ2n) is 4.75. The molecule has 1 saturated heterocycles. The van der Waals surface area contributed by atoms with Gasteiger partial charge in [0.15, 0.2) is 0 Å². The van der Waals surface area contributed by atoms with Crippen molar-refractivity contribution in [3.63, 3.8) is 0 Å². The van der Waals surface area contributed by atoms with Crippen LogP contribution in [0, 0.1) is 0 Å². The topological polar surface area (TPSA) is 37.4 Å². The van der Waals surface area contributed by atoms with E-state index in [1.807, 2.05) is 0 Å². The molecule has 0 atom stereocenters. The van der Waals surface area contributed by atoms with Gasteiger partial charge in [-0.2, -0.15) is 4.31 Å². The van der Waals surface area contributed by atoms with Crippen molar-refractivity contribution < 1.29 is 8.42 Å². The minimum Gasteiger partial charge on any atom is -0.207 e. The van der Waals surface area contributed by atoms with Gasteiger partial charge in [0.2, 0.25) is 10.0 Å². The molecule has 0 unspecified atom stereocenters. The highest BCUT2D eigenvalue weighted by Crippen LogP contribution is 2.27. The number of halogens is 2. The molecule has 6 heteroatoms. The summed E-state index contributed by atoms with van der Waals surface area (Å²) in [5.41, 5.74) is 0. The van der Waals surface area contributed by atoms with Crippen LogP contribution in [-0.4, -0.2) is 25.8 Å². The predicted molar refractivity (Wildman–Crippen MR) is 81.0 cm³/mol. The molecule has 1 fully saturated rings. The summed E-state index contributed by atoms with van der Waals surface area (Å²) in [6, 6.07) is 4.76. The number of nitrogens with zero attached hydrogens (tertiary/aromatic N) is 1. The smallest absolute Gasteiger partial charge is 0.207 e. The lowest BCUT2D eigenvalue weighted by atomic mass is 10.1. The number of hydrogen-bond acceptors (Lipinski definition) is 2. The molecule has 19 heavy (non-hydrogen) atoms. The molecular formula is C13H17BrClNO2S. The minimum atomic E-state index is -3.40. The molecule has 106 valence electrons. The molecule has 0 bridgehead atoms. The van der Waals surface area contributed by atoms with E-state index < -0.39 is 10.0 Å². The van der Waals surface area contributed by atoms with Crippen molar-refractivity contribution in [1.82, 2.24) is 4.31 Å². The minimum absolute atomic E-state index is 0.310. The Morgan fingerprint density at radius 1 is 1.05 bits per heavy atom. The monoisotopic (exact) mass is 365 g/mol. The summed E-state index contributed by atoms with van der Waals surface area (Å²) in [6.45, 7) is 1.23. The van der Waals surface area contributed by atoms with Crippen LogP contribution in [0.3, 0.4) is 0 Å². The molecule has 0 radical (unpaired) electrons. The molecule has 1 heterocycles. The molecule has 3 nitrogen and oxygen atoms in total. The Morgan fingerprint density at radius 2 is 1.63 bits per heavy atom. The zero-order valence-corrected chi connectivity index (χ0v) is 13.8. The van der Waals surface area contributed by atoms with Crippen LogP contribution in [0.25, 0.3) is 0 Å². The fourth-order valence-electron chi connectivity index (χ4n) is 2.25. The van der Waals surface area contributed by atoms with E-state index in [1.54, 1.807) is 22.5 Å². The predicted octanol–water partition coefficient (Wildman–Crippen LogP) is 4.06. The number of sulfonamides is 1. The highest BCUT2D eigenvalue weighted by molar-refractivity contribution is 9.10. The van der Waals surface area contributed by atoms with Crippen molar-refractivity contribution in [2.75, 3.05) is 13.1 Å². The summed E-state index contributed by atoms with van der Waals surface area (Å²) >= 11 is 9.18. The van der Waals surface area contributed by atoms with Crippen LogP contribution in [0.1, 0.15) is 32.1 Å². The fraction of sp³-hybridized carbons (Fsp3) is 0.538. The lowest BCUT2D eigenvalue weighted by Gasteiger charge is -2.24. The first-order valence-electron chi connectivity index (χ1n) is 6.47. The summed E-state index contributed by atoms with van der Waals surface area (Å²) in [6.07, 6.45) is 5.30. The van der Waals surface area contributed by atoms with Crippen molar-refractivity contribution in [2.24, 2.45) is 0 Å². The Labute approximate surface area is 128 Å². The summed E-state index contributed by atoms with van der Waals surface area (Å²) < 4.78 is 27.4. The second kappa shape index (κ2) is 6.57. The Kier molecular flexibility index (Phi) is 5.29. The van der Waals surface area contributed by atoms with E-state index in [0.29, 0.717) is 27.5 Å². The zero-order chi connectivity index (χ0) is 13.9. The van der Waals surface area contributed by atoms with Crippen molar-refractivity contribution in [1.29, 1.82) is 0 Å². The number of benzene rings is 1. The summed E-state index contributed by atoms with van der Waals surface area (Å²) in [4.78, 5) is 0.310. The van der Waals surface area contributed by atoms with Gasteiger partial charge in [-0.05, 0) is 47.0 Å². The van der Waals surface area contributed by atoms with Gasteiger partial charge < -0.3 is 0 Å². The van der Waals surface area contributed by atoms with Crippen molar-refractivity contribution in [3.05, 3.63) is 27.7 Å². The average Bonchev–Trinajstić information content (AvgIpc) is 2.31. The fourth-order valence-corrected chi connectivity index (χ4v) is 4.44. The summed E-state index contributed by atoms with van der Waals surface area (Å²) in [5.74, 6) is 0. The quantitative estimate of drug-likeness (QED) is 0.791. The molecule has 0 saturated carbocycles. The van der Waals surface area contributed by atoms with Gasteiger partial charge in [0.05, 0.1) is 9.92 Å². The van der Waals surface area contributed by atoms with E-state index in [9.17, 15) is 8.42 Å². The number of hydrogen-bond donors (Lipinski definition) is 0. The summed E-state index contributed by atoms with van der Waals surface area (Å²) in [7, 11) is -3.40. The molecule has 0 N–H and O–H groups in total. The second-order valence-corrected chi connectivity index (χ2v) is 7.95. The van der Waals surface area contributed by atoms with Crippen LogP contribution in [0.2, 0.25) is 5.02 Å². The van der Waals surface area contributed by atoms with E-state index in [-0.39, 0.29) is 0 Å². The Hall–Kier alpha value is -0.100. The maximum atomic E-state index is 12.6. The first-order chi connectivity index (χ1) is 9.01. The van der Waals surface area contributed by atoms with Crippen molar-refractivity contribution in [3.8, 4) is 0 Å². The van der Waals surface area contributed by atoms with Crippen molar-refractivity contribution in [2.45, 2.75) is 37.0 Å². The third-order valence-corrected chi connectivity index (χ3v) is 6.45. The maximum absolute atomic E-state index is 12.6. The van der Waals surface area contributed by atoms with Crippen molar-refractivity contribution >= 4 is 37.6 Å². The molecule has 1 aliphatic heterocycles. The van der Waals surface area contributed by atoms with E-state index in [1.165, 1.54) is 6.42 Å². The van der Waals surface area contributed by atoms with Gasteiger partial charge >= 0.3 is 0 Å². The molecule has 1 aliphatic rings. The molecule has 2 rings (SSSR count). The van der Waals surface area contributed by atoms with Gasteiger partial charge in [-0.3, -0.25) is 0 Å². The summed E-state index contributed by atoms with van der Waals surface area (Å²) in [5, 5.41) is 0.520. The van der Waals surface area contributed by atoms with Crippen LogP contribution < -0.4 is 0 Å². The molecular weight excluding hydrogens is 350 g/mol.